The number of nitrogens with one attached hydrogen (secondary N) is 1. The topological polar surface area (TPSA) is 96.4 Å². The molecule has 2 aliphatic rings. The smallest absolute Gasteiger partial charge is 0.243 e. The van der Waals surface area contributed by atoms with Gasteiger partial charge in [-0.25, -0.2) is 4.98 Å². The number of carbonyl (C=O) groups is 4. The molecular weight excluding hydrogens is 606 g/mol. The number of halogens is 1. The van der Waals surface area contributed by atoms with Crippen molar-refractivity contribution in [1.29, 1.82) is 0 Å². The van der Waals surface area contributed by atoms with E-state index in [1.165, 1.54) is 6.92 Å². The first-order chi connectivity index (χ1) is 21.3. The molecule has 0 bridgehead atoms. The van der Waals surface area contributed by atoms with Crippen LogP contribution in [0, 0.1) is 24.7 Å². The highest BCUT2D eigenvalue weighted by Gasteiger charge is 2.51. The molecule has 9 heteroatoms. The van der Waals surface area contributed by atoms with Crippen molar-refractivity contribution in [2.75, 3.05) is 0 Å². The van der Waals surface area contributed by atoms with Crippen molar-refractivity contribution in [3.8, 4) is 11.3 Å². The molecule has 1 N–H and O–H groups in total. The number of hydrogen-bond donors (Lipinski definition) is 1. The van der Waals surface area contributed by atoms with Crippen molar-refractivity contribution < 1.29 is 19.2 Å². The SMILES string of the molecule is CCC(NC(=O)[C@@H]1CC(Cc2cc(-c3csc(C(C)C)n3)cc3c(Cl)c(C)ccc23)[C@H]2CC[C@H](C(C)C)C(=O)N21)C(=O)C(C)=O. The molecule has 7 nitrogen and oxygen atoms in total. The predicted molar refractivity (Wildman–Crippen MR) is 181 cm³/mol. The highest BCUT2D eigenvalue weighted by molar-refractivity contribution is 7.10. The summed E-state index contributed by atoms with van der Waals surface area (Å²) in [5.41, 5.74) is 4.04. The number of ketones is 2. The van der Waals surface area contributed by atoms with Crippen LogP contribution in [0.5, 0.6) is 0 Å². The van der Waals surface area contributed by atoms with Gasteiger partial charge in [0, 0.05) is 41.1 Å². The van der Waals surface area contributed by atoms with Gasteiger partial charge in [0.05, 0.1) is 21.8 Å². The van der Waals surface area contributed by atoms with Crippen molar-refractivity contribution in [2.45, 2.75) is 105 Å². The van der Waals surface area contributed by atoms with Crippen LogP contribution in [0.25, 0.3) is 22.0 Å². The number of fused-ring (bicyclic) bond motifs is 2. The van der Waals surface area contributed by atoms with Crippen molar-refractivity contribution >= 4 is 57.1 Å². The lowest BCUT2D eigenvalue weighted by molar-refractivity contribution is -0.149. The van der Waals surface area contributed by atoms with Gasteiger partial charge >= 0.3 is 0 Å². The largest absolute Gasteiger partial charge is 0.344 e. The summed E-state index contributed by atoms with van der Waals surface area (Å²) < 4.78 is 0. The molecule has 2 amide bonds. The molecule has 2 saturated heterocycles. The van der Waals surface area contributed by atoms with E-state index in [0.717, 1.165) is 51.0 Å². The zero-order chi connectivity index (χ0) is 32.7. The standard InChI is InChI=1S/C36H44ClN3O4S/c1-8-28(33(42)21(7)41)38-34(43)31-16-24(30-12-11-25(18(2)3)36(44)40(30)31)14-22-13-23(29-17-45-35(39-29)19(4)5)15-27-26(22)10-9-20(6)32(27)37/h9-10,13,15,17-19,24-25,28,30-31H,8,11-12,14,16H2,1-7H3,(H,38,43)/t24?,25-,28?,30-,31+/m1/s1. The fourth-order valence-electron chi connectivity index (χ4n) is 7.18. The molecule has 3 aromatic rings. The van der Waals surface area contributed by atoms with E-state index >= 15 is 0 Å². The zero-order valence-electron chi connectivity index (χ0n) is 27.3. The highest BCUT2D eigenvalue weighted by Crippen LogP contribution is 2.44. The summed E-state index contributed by atoms with van der Waals surface area (Å²) >= 11 is 8.56. The molecule has 2 fully saturated rings. The van der Waals surface area contributed by atoms with Crippen molar-refractivity contribution in [3.63, 3.8) is 0 Å². The molecular formula is C36H44ClN3O4S. The van der Waals surface area contributed by atoms with E-state index in [4.69, 9.17) is 16.6 Å². The highest BCUT2D eigenvalue weighted by atomic mass is 35.5. The minimum atomic E-state index is -0.895. The Kier molecular flexibility index (Phi) is 9.85. The number of benzene rings is 2. The van der Waals surface area contributed by atoms with Crippen LogP contribution < -0.4 is 5.32 Å². The average molecular weight is 650 g/mol. The quantitative estimate of drug-likeness (QED) is 0.233. The van der Waals surface area contributed by atoms with Crippen molar-refractivity contribution in [2.24, 2.45) is 17.8 Å². The molecule has 5 rings (SSSR count). The first-order valence-corrected chi connectivity index (χ1v) is 17.4. The first-order valence-electron chi connectivity index (χ1n) is 16.2. The Morgan fingerprint density at radius 2 is 1.84 bits per heavy atom. The number of Topliss-reactive ketones (excluding diaryl/α,β-unsaturated/α-hetero) is 2. The number of thiazole rings is 1. The monoisotopic (exact) mass is 649 g/mol. The van der Waals surface area contributed by atoms with E-state index in [2.05, 4.69) is 56.6 Å². The normalized spacial score (nSPS) is 22.3. The second-order valence-corrected chi connectivity index (χ2v) is 14.8. The summed E-state index contributed by atoms with van der Waals surface area (Å²) in [6, 6.07) is 6.79. The lowest BCUT2D eigenvalue weighted by atomic mass is 9.80. The van der Waals surface area contributed by atoms with Crippen LogP contribution in [0.4, 0.5) is 0 Å². The molecule has 45 heavy (non-hydrogen) atoms. The third-order valence-electron chi connectivity index (χ3n) is 9.75. The van der Waals surface area contributed by atoms with Gasteiger partial charge in [-0.2, -0.15) is 0 Å². The number of amides is 2. The van der Waals surface area contributed by atoms with E-state index in [1.807, 2.05) is 17.9 Å². The van der Waals surface area contributed by atoms with Gasteiger partial charge in [0.1, 0.15) is 6.04 Å². The number of aromatic nitrogens is 1. The molecule has 1 aromatic heterocycles. The molecule has 0 aliphatic carbocycles. The minimum Gasteiger partial charge on any atom is -0.344 e. The maximum atomic E-state index is 13.9. The predicted octanol–water partition coefficient (Wildman–Crippen LogP) is 7.30. The van der Waals surface area contributed by atoms with Crippen molar-refractivity contribution in [3.05, 3.63) is 50.8 Å². The Morgan fingerprint density at radius 1 is 1.11 bits per heavy atom. The molecule has 0 spiro atoms. The minimum absolute atomic E-state index is 0.0100. The summed E-state index contributed by atoms with van der Waals surface area (Å²) in [4.78, 5) is 58.9. The average Bonchev–Trinajstić information content (AvgIpc) is 3.64. The number of carbonyl (C=O) groups excluding carboxylic acids is 4. The molecule has 240 valence electrons. The summed E-state index contributed by atoms with van der Waals surface area (Å²) in [7, 11) is 0. The summed E-state index contributed by atoms with van der Waals surface area (Å²) in [5, 5.41) is 8.76. The number of nitrogens with zero attached hydrogens (tertiary/aromatic N) is 2. The number of rotatable bonds is 10. The molecule has 5 atom stereocenters. The van der Waals surface area contributed by atoms with E-state index < -0.39 is 23.7 Å². The number of aryl methyl sites for hydroxylation is 1. The maximum absolute atomic E-state index is 13.9. The Balaban J connectivity index is 1.54. The molecule has 3 heterocycles. The van der Waals surface area contributed by atoms with Crippen LogP contribution in [0.2, 0.25) is 5.02 Å². The fraction of sp³-hybridized carbons (Fsp3) is 0.528. The molecule has 0 radical (unpaired) electrons. The van der Waals surface area contributed by atoms with Crippen LogP contribution in [0.1, 0.15) is 89.3 Å². The third-order valence-corrected chi connectivity index (χ3v) is 11.4. The first kappa shape index (κ1) is 33.3. The van der Waals surface area contributed by atoms with Crippen LogP contribution in [-0.4, -0.2) is 51.4 Å². The molecule has 2 aromatic carbocycles. The van der Waals surface area contributed by atoms with Gasteiger partial charge in [0.15, 0.2) is 5.78 Å². The second kappa shape index (κ2) is 13.3. The molecule has 2 aliphatic heterocycles. The second-order valence-electron chi connectivity index (χ2n) is 13.5. The van der Waals surface area contributed by atoms with Gasteiger partial charge in [-0.1, -0.05) is 58.4 Å². The van der Waals surface area contributed by atoms with Crippen molar-refractivity contribution in [1.82, 2.24) is 15.2 Å². The Labute approximate surface area is 275 Å². The van der Waals surface area contributed by atoms with Crippen LogP contribution in [-0.2, 0) is 25.6 Å². The van der Waals surface area contributed by atoms with Gasteiger partial charge in [-0.3, -0.25) is 19.2 Å². The Bertz CT molecular complexity index is 1650. The van der Waals surface area contributed by atoms with Gasteiger partial charge in [-0.05, 0) is 79.5 Å². The fourth-order valence-corrected chi connectivity index (χ4v) is 8.24. The maximum Gasteiger partial charge on any atom is 0.243 e. The summed E-state index contributed by atoms with van der Waals surface area (Å²) in [5.74, 6) is -1.18. The molecule has 0 saturated carbocycles. The van der Waals surface area contributed by atoms with Gasteiger partial charge < -0.3 is 10.2 Å². The van der Waals surface area contributed by atoms with E-state index in [1.54, 1.807) is 18.3 Å². The van der Waals surface area contributed by atoms with E-state index in [0.29, 0.717) is 30.2 Å². The van der Waals surface area contributed by atoms with E-state index in [9.17, 15) is 19.2 Å². The van der Waals surface area contributed by atoms with Crippen LogP contribution >= 0.6 is 22.9 Å². The van der Waals surface area contributed by atoms with Crippen LogP contribution in [0.15, 0.2) is 29.6 Å². The Hall–Kier alpha value is -3.10. The van der Waals surface area contributed by atoms with Crippen LogP contribution in [0.3, 0.4) is 0 Å². The van der Waals surface area contributed by atoms with Gasteiger partial charge in [0.2, 0.25) is 17.6 Å². The van der Waals surface area contributed by atoms with E-state index in [-0.39, 0.29) is 35.6 Å². The third kappa shape index (κ3) is 6.46. The lowest BCUT2D eigenvalue weighted by Crippen LogP contribution is -2.56. The molecule has 2 unspecified atom stereocenters. The van der Waals surface area contributed by atoms with Gasteiger partial charge in [-0.15, -0.1) is 11.3 Å². The number of piperidine rings is 1. The zero-order valence-corrected chi connectivity index (χ0v) is 28.8. The van der Waals surface area contributed by atoms with Gasteiger partial charge in [0.25, 0.3) is 0 Å². The number of hydrogen-bond acceptors (Lipinski definition) is 6. The Morgan fingerprint density at radius 3 is 2.47 bits per heavy atom. The summed E-state index contributed by atoms with van der Waals surface area (Å²) in [6.45, 7) is 13.4. The lowest BCUT2D eigenvalue weighted by Gasteiger charge is -2.40. The summed E-state index contributed by atoms with van der Waals surface area (Å²) in [6.07, 6.45) is 3.05.